The van der Waals surface area contributed by atoms with Crippen LogP contribution in [-0.2, 0) is 26.9 Å². The molecule has 0 atom stereocenters. The fraction of sp³-hybridized carbons (Fsp3) is 0.562. The van der Waals surface area contributed by atoms with Gasteiger partial charge in [0.25, 0.3) is 0 Å². The number of sulfone groups is 1. The molecular weight excluding hydrogens is 300 g/mol. The second-order valence-electron chi connectivity index (χ2n) is 5.62. The van der Waals surface area contributed by atoms with Crippen molar-refractivity contribution in [1.82, 2.24) is 5.32 Å². The molecule has 6 heteroatoms. The van der Waals surface area contributed by atoms with Crippen LogP contribution in [-0.4, -0.2) is 27.1 Å². The number of unbranched alkanes of at least 4 members (excludes halogenated alkanes) is 3. The molecule has 0 bridgehead atoms. The Morgan fingerprint density at radius 3 is 2.50 bits per heavy atom. The number of carbonyl (C=O) groups is 1. The highest BCUT2D eigenvalue weighted by Crippen LogP contribution is 2.09. The maximum Gasteiger partial charge on any atom is 0.220 e. The summed E-state index contributed by atoms with van der Waals surface area (Å²) >= 11 is 0. The highest BCUT2D eigenvalue weighted by Gasteiger charge is 2.06. The number of amides is 1. The SMILES string of the molecule is CS(=O)(=O)Cc1cccc(CNC(=O)CCCCCCN)c1. The maximum atomic E-state index is 11.7. The first-order valence-electron chi connectivity index (χ1n) is 7.63. The molecule has 0 spiro atoms. The predicted molar refractivity (Wildman–Crippen MR) is 89.0 cm³/mol. The summed E-state index contributed by atoms with van der Waals surface area (Å²) in [6.45, 7) is 1.13. The fourth-order valence-corrected chi connectivity index (χ4v) is 2.99. The number of rotatable bonds is 10. The zero-order valence-corrected chi connectivity index (χ0v) is 14.0. The third-order valence-electron chi connectivity index (χ3n) is 3.27. The van der Waals surface area contributed by atoms with Crippen molar-refractivity contribution >= 4 is 15.7 Å². The molecule has 0 saturated heterocycles. The lowest BCUT2D eigenvalue weighted by Crippen LogP contribution is -2.22. The van der Waals surface area contributed by atoms with Crippen LogP contribution in [0.15, 0.2) is 24.3 Å². The number of benzene rings is 1. The minimum absolute atomic E-state index is 0.0237. The lowest BCUT2D eigenvalue weighted by Gasteiger charge is -2.07. The highest BCUT2D eigenvalue weighted by atomic mass is 32.2. The van der Waals surface area contributed by atoms with Gasteiger partial charge in [0.2, 0.25) is 5.91 Å². The minimum atomic E-state index is -3.04. The topological polar surface area (TPSA) is 89.3 Å². The van der Waals surface area contributed by atoms with E-state index in [1.807, 2.05) is 18.2 Å². The Morgan fingerprint density at radius 2 is 1.82 bits per heavy atom. The van der Waals surface area contributed by atoms with Crippen LogP contribution in [0.1, 0.15) is 43.2 Å². The Morgan fingerprint density at radius 1 is 1.14 bits per heavy atom. The minimum Gasteiger partial charge on any atom is -0.352 e. The van der Waals surface area contributed by atoms with E-state index in [1.54, 1.807) is 6.07 Å². The van der Waals surface area contributed by atoms with E-state index in [9.17, 15) is 13.2 Å². The summed E-state index contributed by atoms with van der Waals surface area (Å²) in [5, 5.41) is 2.87. The molecule has 0 aliphatic heterocycles. The molecule has 1 rings (SSSR count). The van der Waals surface area contributed by atoms with Crippen LogP contribution >= 0.6 is 0 Å². The molecule has 0 aromatic heterocycles. The zero-order chi connectivity index (χ0) is 16.4. The van der Waals surface area contributed by atoms with Crippen molar-refractivity contribution in [1.29, 1.82) is 0 Å². The van der Waals surface area contributed by atoms with Crippen molar-refractivity contribution in [2.75, 3.05) is 12.8 Å². The quantitative estimate of drug-likeness (QED) is 0.641. The predicted octanol–water partition coefficient (Wildman–Crippen LogP) is 1.76. The van der Waals surface area contributed by atoms with Gasteiger partial charge >= 0.3 is 0 Å². The summed E-state index contributed by atoms with van der Waals surface area (Å²) in [7, 11) is -3.04. The van der Waals surface area contributed by atoms with Crippen molar-refractivity contribution < 1.29 is 13.2 Å². The monoisotopic (exact) mass is 326 g/mol. The fourth-order valence-electron chi connectivity index (χ4n) is 2.20. The summed E-state index contributed by atoms with van der Waals surface area (Å²) in [5.74, 6) is 0.0527. The first-order valence-corrected chi connectivity index (χ1v) is 9.69. The third kappa shape index (κ3) is 8.79. The van der Waals surface area contributed by atoms with E-state index in [4.69, 9.17) is 5.73 Å². The van der Waals surface area contributed by atoms with Crippen molar-refractivity contribution in [2.45, 2.75) is 44.4 Å². The number of nitrogens with one attached hydrogen (secondary N) is 1. The first kappa shape index (κ1) is 18.6. The van der Waals surface area contributed by atoms with Gasteiger partial charge in [0.05, 0.1) is 5.75 Å². The van der Waals surface area contributed by atoms with Gasteiger partial charge in [-0.1, -0.05) is 37.1 Å². The lowest BCUT2D eigenvalue weighted by molar-refractivity contribution is -0.121. The molecule has 0 saturated carbocycles. The van der Waals surface area contributed by atoms with Gasteiger partial charge in [-0.25, -0.2) is 8.42 Å². The molecule has 3 N–H and O–H groups in total. The van der Waals surface area contributed by atoms with Crippen LogP contribution in [0.4, 0.5) is 0 Å². The Hall–Kier alpha value is -1.40. The van der Waals surface area contributed by atoms with E-state index in [-0.39, 0.29) is 11.7 Å². The number of carbonyl (C=O) groups excluding carboxylic acids is 1. The largest absolute Gasteiger partial charge is 0.352 e. The van der Waals surface area contributed by atoms with E-state index >= 15 is 0 Å². The van der Waals surface area contributed by atoms with Gasteiger partial charge in [-0.05, 0) is 30.5 Å². The molecule has 0 radical (unpaired) electrons. The Balaban J connectivity index is 2.35. The summed E-state index contributed by atoms with van der Waals surface area (Å²) in [6, 6.07) is 7.30. The Kier molecular flexibility index (Phi) is 8.12. The van der Waals surface area contributed by atoms with Gasteiger partial charge in [-0.3, -0.25) is 4.79 Å². The molecule has 5 nitrogen and oxygen atoms in total. The van der Waals surface area contributed by atoms with Crippen LogP contribution in [0.5, 0.6) is 0 Å². The second-order valence-corrected chi connectivity index (χ2v) is 7.76. The molecule has 1 aromatic rings. The summed E-state index contributed by atoms with van der Waals surface area (Å²) in [5.41, 5.74) is 7.08. The van der Waals surface area contributed by atoms with Crippen LogP contribution < -0.4 is 11.1 Å². The second kappa shape index (κ2) is 9.58. The van der Waals surface area contributed by atoms with E-state index < -0.39 is 9.84 Å². The molecule has 1 aromatic carbocycles. The summed E-state index contributed by atoms with van der Waals surface area (Å²) < 4.78 is 22.6. The molecule has 22 heavy (non-hydrogen) atoms. The number of hydrogen-bond donors (Lipinski definition) is 2. The first-order chi connectivity index (χ1) is 10.4. The van der Waals surface area contributed by atoms with Crippen molar-refractivity contribution in [2.24, 2.45) is 5.73 Å². The summed E-state index contributed by atoms with van der Waals surface area (Å²) in [4.78, 5) is 11.7. The lowest BCUT2D eigenvalue weighted by atomic mass is 10.1. The molecule has 1 amide bonds. The van der Waals surface area contributed by atoms with Crippen LogP contribution in [0.2, 0.25) is 0 Å². The molecule has 0 aliphatic rings. The molecule has 0 aliphatic carbocycles. The number of hydrogen-bond acceptors (Lipinski definition) is 4. The molecular formula is C16H26N2O3S. The smallest absolute Gasteiger partial charge is 0.220 e. The van der Waals surface area contributed by atoms with Crippen LogP contribution in [0.3, 0.4) is 0 Å². The van der Waals surface area contributed by atoms with Crippen molar-refractivity contribution in [3.8, 4) is 0 Å². The summed E-state index contributed by atoms with van der Waals surface area (Å²) in [6.07, 6.45) is 5.71. The van der Waals surface area contributed by atoms with Crippen molar-refractivity contribution in [3.05, 3.63) is 35.4 Å². The molecule has 124 valence electrons. The average Bonchev–Trinajstić information content (AvgIpc) is 2.43. The highest BCUT2D eigenvalue weighted by molar-refractivity contribution is 7.89. The average molecular weight is 326 g/mol. The number of nitrogens with two attached hydrogens (primary N) is 1. The van der Waals surface area contributed by atoms with E-state index in [2.05, 4.69) is 5.32 Å². The van der Waals surface area contributed by atoms with Gasteiger partial charge in [-0.15, -0.1) is 0 Å². The third-order valence-corrected chi connectivity index (χ3v) is 4.13. The van der Waals surface area contributed by atoms with Gasteiger partial charge in [0.15, 0.2) is 9.84 Å². The molecule has 0 fully saturated rings. The van der Waals surface area contributed by atoms with E-state index in [1.165, 1.54) is 6.26 Å². The van der Waals surface area contributed by atoms with Gasteiger partial charge in [0, 0.05) is 19.2 Å². The van der Waals surface area contributed by atoms with Gasteiger partial charge in [0.1, 0.15) is 0 Å². The Bertz CT molecular complexity index is 571. The van der Waals surface area contributed by atoms with Gasteiger partial charge < -0.3 is 11.1 Å². The molecule has 0 heterocycles. The normalized spacial score (nSPS) is 11.4. The van der Waals surface area contributed by atoms with Crippen molar-refractivity contribution in [3.63, 3.8) is 0 Å². The van der Waals surface area contributed by atoms with E-state index in [0.717, 1.165) is 36.8 Å². The maximum absolute atomic E-state index is 11.7. The zero-order valence-electron chi connectivity index (χ0n) is 13.2. The van der Waals surface area contributed by atoms with Gasteiger partial charge in [-0.2, -0.15) is 0 Å². The van der Waals surface area contributed by atoms with Crippen LogP contribution in [0.25, 0.3) is 0 Å². The van der Waals surface area contributed by atoms with E-state index in [0.29, 0.717) is 19.5 Å². The molecule has 0 unspecified atom stereocenters. The van der Waals surface area contributed by atoms with Crippen LogP contribution in [0, 0.1) is 0 Å². The standard InChI is InChI=1S/C16H26N2O3S/c1-22(20,21)13-15-8-6-7-14(11-15)12-18-16(19)9-4-2-3-5-10-17/h6-8,11H,2-5,9-10,12-13,17H2,1H3,(H,18,19). The Labute approximate surface area is 133 Å².